The van der Waals surface area contributed by atoms with Crippen molar-refractivity contribution in [2.75, 3.05) is 0 Å². The molecule has 84 valence electrons. The van der Waals surface area contributed by atoms with Crippen LogP contribution in [0.4, 0.5) is 13.2 Å². The normalized spacial score (nSPS) is 16.1. The van der Waals surface area contributed by atoms with Crippen molar-refractivity contribution in [2.24, 2.45) is 5.73 Å². The van der Waals surface area contributed by atoms with E-state index in [0.717, 1.165) is 12.1 Å². The molecule has 0 amide bonds. The van der Waals surface area contributed by atoms with Crippen LogP contribution in [0.3, 0.4) is 0 Å². The molecule has 0 aliphatic rings. The molecule has 0 saturated heterocycles. The predicted molar refractivity (Wildman–Crippen MR) is 53.5 cm³/mol. The summed E-state index contributed by atoms with van der Waals surface area (Å²) in [4.78, 5) is 0. The first-order valence-corrected chi connectivity index (χ1v) is 4.75. The maximum atomic E-state index is 12.4. The number of halogens is 3. The molecule has 15 heavy (non-hydrogen) atoms. The molecule has 0 saturated carbocycles. The first-order chi connectivity index (χ1) is 6.82. The summed E-state index contributed by atoms with van der Waals surface area (Å²) in [6.07, 6.45) is -4.28. The third-order valence-corrected chi connectivity index (χ3v) is 2.53. The lowest BCUT2D eigenvalue weighted by Crippen LogP contribution is -2.22. The van der Waals surface area contributed by atoms with E-state index < -0.39 is 11.7 Å². The highest BCUT2D eigenvalue weighted by Crippen LogP contribution is 2.31. The van der Waals surface area contributed by atoms with E-state index in [1.165, 1.54) is 6.07 Å². The molecule has 1 aromatic rings. The fraction of sp³-hybridized carbons (Fsp3) is 0.455. The number of hydrogen-bond donors (Lipinski definition) is 1. The highest BCUT2D eigenvalue weighted by atomic mass is 19.4. The van der Waals surface area contributed by atoms with Crippen LogP contribution in [-0.4, -0.2) is 6.04 Å². The molecule has 2 unspecified atom stereocenters. The number of alkyl halides is 3. The van der Waals surface area contributed by atoms with E-state index in [2.05, 4.69) is 0 Å². The largest absolute Gasteiger partial charge is 0.416 e. The smallest absolute Gasteiger partial charge is 0.327 e. The lowest BCUT2D eigenvalue weighted by molar-refractivity contribution is -0.137. The number of rotatable bonds is 2. The van der Waals surface area contributed by atoms with Gasteiger partial charge in [0, 0.05) is 6.04 Å². The summed E-state index contributed by atoms with van der Waals surface area (Å²) in [5, 5.41) is 0. The predicted octanol–water partition coefficient (Wildman–Crippen LogP) is 3.16. The standard InChI is InChI=1S/C11H14F3N/c1-7(8(2)15)9-4-3-5-10(6-9)11(12,13)14/h3-8H,15H2,1-2H3. The van der Waals surface area contributed by atoms with Crippen molar-refractivity contribution in [3.63, 3.8) is 0 Å². The minimum Gasteiger partial charge on any atom is -0.327 e. The highest BCUT2D eigenvalue weighted by molar-refractivity contribution is 5.28. The van der Waals surface area contributed by atoms with Crippen LogP contribution >= 0.6 is 0 Å². The van der Waals surface area contributed by atoms with Crippen molar-refractivity contribution < 1.29 is 13.2 Å². The second-order valence-corrected chi connectivity index (χ2v) is 3.77. The average molecular weight is 217 g/mol. The Kier molecular flexibility index (Phi) is 3.39. The van der Waals surface area contributed by atoms with Crippen molar-refractivity contribution in [1.82, 2.24) is 0 Å². The molecule has 0 aromatic heterocycles. The Morgan fingerprint density at radius 2 is 1.80 bits per heavy atom. The molecule has 2 atom stereocenters. The van der Waals surface area contributed by atoms with Gasteiger partial charge in [0.05, 0.1) is 5.56 Å². The summed E-state index contributed by atoms with van der Waals surface area (Å²) < 4.78 is 37.2. The number of nitrogens with two attached hydrogens (primary N) is 1. The van der Waals surface area contributed by atoms with Crippen LogP contribution in [0.15, 0.2) is 24.3 Å². The summed E-state index contributed by atoms with van der Waals surface area (Å²) in [6, 6.07) is 5.15. The van der Waals surface area contributed by atoms with Gasteiger partial charge in [0.15, 0.2) is 0 Å². The topological polar surface area (TPSA) is 26.0 Å². The SMILES string of the molecule is CC(N)C(C)c1cccc(C(F)(F)F)c1. The number of hydrogen-bond acceptors (Lipinski definition) is 1. The molecule has 0 aliphatic heterocycles. The van der Waals surface area contributed by atoms with Crippen molar-refractivity contribution in [3.05, 3.63) is 35.4 Å². The van der Waals surface area contributed by atoms with Crippen molar-refractivity contribution in [1.29, 1.82) is 0 Å². The third kappa shape index (κ3) is 2.96. The Balaban J connectivity index is 3.03. The van der Waals surface area contributed by atoms with Gasteiger partial charge in [0.1, 0.15) is 0 Å². The van der Waals surface area contributed by atoms with Gasteiger partial charge in [-0.25, -0.2) is 0 Å². The fourth-order valence-corrected chi connectivity index (χ4v) is 1.30. The molecule has 1 nitrogen and oxygen atoms in total. The van der Waals surface area contributed by atoms with Crippen LogP contribution in [0.2, 0.25) is 0 Å². The Morgan fingerprint density at radius 3 is 2.27 bits per heavy atom. The molecule has 0 spiro atoms. The van der Waals surface area contributed by atoms with Crippen LogP contribution in [0.5, 0.6) is 0 Å². The minimum atomic E-state index is -4.28. The Bertz CT molecular complexity index is 331. The van der Waals surface area contributed by atoms with E-state index >= 15 is 0 Å². The molecule has 4 heteroatoms. The zero-order chi connectivity index (χ0) is 11.6. The van der Waals surface area contributed by atoms with Crippen LogP contribution < -0.4 is 5.73 Å². The molecule has 0 radical (unpaired) electrons. The van der Waals surface area contributed by atoms with E-state index in [0.29, 0.717) is 5.56 Å². The first-order valence-electron chi connectivity index (χ1n) is 4.75. The van der Waals surface area contributed by atoms with Gasteiger partial charge in [-0.2, -0.15) is 13.2 Å². The van der Waals surface area contributed by atoms with Crippen LogP contribution in [-0.2, 0) is 6.18 Å². The number of benzene rings is 1. The maximum absolute atomic E-state index is 12.4. The van der Waals surface area contributed by atoms with Crippen molar-refractivity contribution in [3.8, 4) is 0 Å². The zero-order valence-electron chi connectivity index (χ0n) is 8.68. The average Bonchev–Trinajstić information content (AvgIpc) is 2.15. The first kappa shape index (κ1) is 12.0. The van der Waals surface area contributed by atoms with Gasteiger partial charge in [-0.15, -0.1) is 0 Å². The zero-order valence-corrected chi connectivity index (χ0v) is 8.68. The minimum absolute atomic E-state index is 0.0766. The second kappa shape index (κ2) is 4.23. The summed E-state index contributed by atoms with van der Waals surface area (Å²) in [5.41, 5.74) is 5.65. The van der Waals surface area contributed by atoms with Crippen molar-refractivity contribution >= 4 is 0 Å². The fourth-order valence-electron chi connectivity index (χ4n) is 1.30. The van der Waals surface area contributed by atoms with Gasteiger partial charge >= 0.3 is 6.18 Å². The monoisotopic (exact) mass is 217 g/mol. The van der Waals surface area contributed by atoms with Gasteiger partial charge < -0.3 is 5.73 Å². The second-order valence-electron chi connectivity index (χ2n) is 3.77. The lowest BCUT2D eigenvalue weighted by atomic mass is 9.93. The van der Waals surface area contributed by atoms with Gasteiger partial charge in [-0.1, -0.05) is 25.1 Å². The molecule has 1 rings (SSSR count). The summed E-state index contributed by atoms with van der Waals surface area (Å²) in [6.45, 7) is 3.60. The molecule has 2 N–H and O–H groups in total. The summed E-state index contributed by atoms with van der Waals surface area (Å²) in [5.74, 6) is -0.0766. The molecular weight excluding hydrogens is 203 g/mol. The van der Waals surface area contributed by atoms with E-state index in [4.69, 9.17) is 5.73 Å². The summed E-state index contributed by atoms with van der Waals surface area (Å²) in [7, 11) is 0. The molecule has 0 aliphatic carbocycles. The van der Waals surface area contributed by atoms with Crippen LogP contribution in [0, 0.1) is 0 Å². The van der Waals surface area contributed by atoms with Gasteiger partial charge in [0.2, 0.25) is 0 Å². The lowest BCUT2D eigenvalue weighted by Gasteiger charge is -2.17. The van der Waals surface area contributed by atoms with Crippen LogP contribution in [0.25, 0.3) is 0 Å². The van der Waals surface area contributed by atoms with Crippen molar-refractivity contribution in [2.45, 2.75) is 32.0 Å². The Morgan fingerprint density at radius 1 is 1.20 bits per heavy atom. The Labute approximate surface area is 87.1 Å². The van der Waals surface area contributed by atoms with E-state index in [-0.39, 0.29) is 12.0 Å². The molecule has 0 heterocycles. The Hall–Kier alpha value is -1.03. The molecule has 0 fully saturated rings. The maximum Gasteiger partial charge on any atom is 0.416 e. The molecule has 0 bridgehead atoms. The quantitative estimate of drug-likeness (QED) is 0.809. The molecular formula is C11H14F3N. The highest BCUT2D eigenvalue weighted by Gasteiger charge is 2.30. The van der Waals surface area contributed by atoms with E-state index in [1.54, 1.807) is 13.0 Å². The van der Waals surface area contributed by atoms with Gasteiger partial charge in [-0.3, -0.25) is 0 Å². The van der Waals surface area contributed by atoms with E-state index in [1.807, 2.05) is 6.92 Å². The van der Waals surface area contributed by atoms with Gasteiger partial charge in [-0.05, 0) is 24.5 Å². The van der Waals surface area contributed by atoms with Crippen LogP contribution in [0.1, 0.15) is 30.9 Å². The third-order valence-electron chi connectivity index (χ3n) is 2.53. The summed E-state index contributed by atoms with van der Waals surface area (Å²) >= 11 is 0. The van der Waals surface area contributed by atoms with E-state index in [9.17, 15) is 13.2 Å². The molecule has 1 aromatic carbocycles. The van der Waals surface area contributed by atoms with Gasteiger partial charge in [0.25, 0.3) is 0 Å².